The number of nitrogens with two attached hydrogens (primary N) is 1. The summed E-state index contributed by atoms with van der Waals surface area (Å²) < 4.78 is 0. The third kappa shape index (κ3) is 11.8. The highest BCUT2D eigenvalue weighted by molar-refractivity contribution is 4.62. The predicted octanol–water partition coefficient (Wildman–Crippen LogP) is 3.02. The van der Waals surface area contributed by atoms with Gasteiger partial charge in [-0.1, -0.05) is 45.4 Å². The normalized spacial score (nSPS) is 13.4. The van der Waals surface area contributed by atoms with Crippen molar-refractivity contribution in [3.63, 3.8) is 0 Å². The SMILES string of the molecule is CCCCCCCCC(N)CCN(C)C. The van der Waals surface area contributed by atoms with Crippen LogP contribution in [0.3, 0.4) is 0 Å². The van der Waals surface area contributed by atoms with Gasteiger partial charge < -0.3 is 10.6 Å². The lowest BCUT2D eigenvalue weighted by Gasteiger charge is -2.14. The minimum atomic E-state index is 0.415. The highest BCUT2D eigenvalue weighted by atomic mass is 15.0. The van der Waals surface area contributed by atoms with Crippen molar-refractivity contribution in [3.8, 4) is 0 Å². The van der Waals surface area contributed by atoms with Gasteiger partial charge in [0.15, 0.2) is 0 Å². The van der Waals surface area contributed by atoms with Crippen molar-refractivity contribution in [2.75, 3.05) is 20.6 Å². The Morgan fingerprint density at radius 3 is 2.13 bits per heavy atom. The monoisotopic (exact) mass is 214 g/mol. The zero-order valence-electron chi connectivity index (χ0n) is 11.0. The van der Waals surface area contributed by atoms with Crippen LogP contribution in [0.1, 0.15) is 58.3 Å². The molecule has 0 aromatic heterocycles. The Bertz CT molecular complexity index is 124. The Labute approximate surface area is 96.2 Å². The van der Waals surface area contributed by atoms with Crippen LogP contribution < -0.4 is 5.73 Å². The second-order valence-corrected chi connectivity index (χ2v) is 4.91. The van der Waals surface area contributed by atoms with Gasteiger partial charge >= 0.3 is 0 Å². The Kier molecular flexibility index (Phi) is 10.4. The van der Waals surface area contributed by atoms with E-state index in [1.807, 2.05) is 0 Å². The standard InChI is InChI=1S/C13H30N2/c1-4-5-6-7-8-9-10-13(14)11-12-15(2)3/h13H,4-12,14H2,1-3H3. The van der Waals surface area contributed by atoms with Gasteiger partial charge in [-0.15, -0.1) is 0 Å². The molecule has 2 heteroatoms. The van der Waals surface area contributed by atoms with Crippen molar-refractivity contribution in [1.82, 2.24) is 4.90 Å². The molecule has 0 bridgehead atoms. The first-order valence-electron chi connectivity index (χ1n) is 6.57. The molecule has 0 amide bonds. The molecule has 92 valence electrons. The second-order valence-electron chi connectivity index (χ2n) is 4.91. The summed E-state index contributed by atoms with van der Waals surface area (Å²) in [6.45, 7) is 3.38. The van der Waals surface area contributed by atoms with Crippen LogP contribution in [-0.2, 0) is 0 Å². The number of hydrogen-bond donors (Lipinski definition) is 1. The van der Waals surface area contributed by atoms with Crippen molar-refractivity contribution in [2.45, 2.75) is 64.3 Å². The van der Waals surface area contributed by atoms with Crippen molar-refractivity contribution in [2.24, 2.45) is 5.73 Å². The fourth-order valence-electron chi connectivity index (χ4n) is 1.76. The van der Waals surface area contributed by atoms with Crippen LogP contribution in [0.25, 0.3) is 0 Å². The van der Waals surface area contributed by atoms with Gasteiger partial charge in [0.1, 0.15) is 0 Å². The molecule has 0 aromatic rings. The van der Waals surface area contributed by atoms with Crippen molar-refractivity contribution in [1.29, 1.82) is 0 Å². The number of nitrogens with zero attached hydrogens (tertiary/aromatic N) is 1. The van der Waals surface area contributed by atoms with Crippen LogP contribution in [0.15, 0.2) is 0 Å². The average Bonchev–Trinajstić information content (AvgIpc) is 2.20. The van der Waals surface area contributed by atoms with E-state index >= 15 is 0 Å². The van der Waals surface area contributed by atoms with Gasteiger partial charge in [-0.2, -0.15) is 0 Å². The maximum Gasteiger partial charge on any atom is 0.00509 e. The van der Waals surface area contributed by atoms with Gasteiger partial charge in [0.05, 0.1) is 0 Å². The Balaban J connectivity index is 3.13. The van der Waals surface area contributed by atoms with Crippen molar-refractivity contribution >= 4 is 0 Å². The molecule has 1 unspecified atom stereocenters. The predicted molar refractivity (Wildman–Crippen MR) is 69.1 cm³/mol. The molecule has 2 N–H and O–H groups in total. The first-order valence-corrected chi connectivity index (χ1v) is 6.57. The summed E-state index contributed by atoms with van der Waals surface area (Å²) in [4.78, 5) is 2.21. The van der Waals surface area contributed by atoms with Gasteiger partial charge in [0.2, 0.25) is 0 Å². The molecule has 0 radical (unpaired) electrons. The first kappa shape index (κ1) is 14.9. The maximum atomic E-state index is 6.04. The molecule has 0 saturated heterocycles. The van der Waals surface area contributed by atoms with Crippen LogP contribution in [0.2, 0.25) is 0 Å². The molecule has 0 aliphatic heterocycles. The Morgan fingerprint density at radius 1 is 0.933 bits per heavy atom. The van der Waals surface area contributed by atoms with E-state index in [0.717, 1.165) is 13.0 Å². The number of rotatable bonds is 10. The summed E-state index contributed by atoms with van der Waals surface area (Å²) in [5.41, 5.74) is 6.04. The van der Waals surface area contributed by atoms with Gasteiger partial charge in [0.25, 0.3) is 0 Å². The van der Waals surface area contributed by atoms with E-state index in [9.17, 15) is 0 Å². The summed E-state index contributed by atoms with van der Waals surface area (Å²) in [6, 6.07) is 0.415. The topological polar surface area (TPSA) is 29.3 Å². The third-order valence-electron chi connectivity index (χ3n) is 2.88. The molecule has 0 rings (SSSR count). The molecule has 0 spiro atoms. The number of hydrogen-bond acceptors (Lipinski definition) is 2. The van der Waals surface area contributed by atoms with Crippen LogP contribution in [0.5, 0.6) is 0 Å². The molecule has 0 saturated carbocycles. The maximum absolute atomic E-state index is 6.04. The van der Waals surface area contributed by atoms with E-state index in [0.29, 0.717) is 6.04 Å². The average molecular weight is 214 g/mol. The zero-order valence-corrected chi connectivity index (χ0v) is 11.0. The molecule has 1 atom stereocenters. The van der Waals surface area contributed by atoms with Crippen LogP contribution in [0, 0.1) is 0 Å². The third-order valence-corrected chi connectivity index (χ3v) is 2.88. The number of unbranched alkanes of at least 4 members (excludes halogenated alkanes) is 5. The van der Waals surface area contributed by atoms with Crippen LogP contribution in [0.4, 0.5) is 0 Å². The van der Waals surface area contributed by atoms with E-state index in [4.69, 9.17) is 5.73 Å². The largest absolute Gasteiger partial charge is 0.328 e. The molecule has 0 fully saturated rings. The summed E-state index contributed by atoms with van der Waals surface area (Å²) in [5.74, 6) is 0. The lowest BCUT2D eigenvalue weighted by atomic mass is 10.0. The van der Waals surface area contributed by atoms with E-state index in [-0.39, 0.29) is 0 Å². The minimum absolute atomic E-state index is 0.415. The molecule has 15 heavy (non-hydrogen) atoms. The summed E-state index contributed by atoms with van der Waals surface area (Å²) in [6.07, 6.45) is 10.6. The molecule has 0 heterocycles. The van der Waals surface area contributed by atoms with Gasteiger partial charge in [-0.3, -0.25) is 0 Å². The fraction of sp³-hybridized carbons (Fsp3) is 1.00. The molecule has 0 aliphatic rings. The summed E-state index contributed by atoms with van der Waals surface area (Å²) in [7, 11) is 4.22. The molecular formula is C13H30N2. The molecular weight excluding hydrogens is 184 g/mol. The molecule has 0 aromatic carbocycles. The van der Waals surface area contributed by atoms with Crippen molar-refractivity contribution in [3.05, 3.63) is 0 Å². The second kappa shape index (κ2) is 10.4. The highest BCUT2D eigenvalue weighted by Gasteiger charge is 2.02. The Morgan fingerprint density at radius 2 is 1.53 bits per heavy atom. The molecule has 2 nitrogen and oxygen atoms in total. The smallest absolute Gasteiger partial charge is 0.00509 e. The lowest BCUT2D eigenvalue weighted by molar-refractivity contribution is 0.371. The molecule has 0 aliphatic carbocycles. The van der Waals surface area contributed by atoms with Crippen LogP contribution >= 0.6 is 0 Å². The van der Waals surface area contributed by atoms with Gasteiger partial charge in [-0.25, -0.2) is 0 Å². The fourth-order valence-corrected chi connectivity index (χ4v) is 1.76. The first-order chi connectivity index (χ1) is 7.16. The van der Waals surface area contributed by atoms with E-state index in [1.165, 1.54) is 44.9 Å². The van der Waals surface area contributed by atoms with Gasteiger partial charge in [0, 0.05) is 6.04 Å². The summed E-state index contributed by atoms with van der Waals surface area (Å²) >= 11 is 0. The van der Waals surface area contributed by atoms with E-state index < -0.39 is 0 Å². The minimum Gasteiger partial charge on any atom is -0.328 e. The Hall–Kier alpha value is -0.0800. The van der Waals surface area contributed by atoms with Crippen molar-refractivity contribution < 1.29 is 0 Å². The van der Waals surface area contributed by atoms with Gasteiger partial charge in [-0.05, 0) is 33.5 Å². The van der Waals surface area contributed by atoms with E-state index in [1.54, 1.807) is 0 Å². The highest BCUT2D eigenvalue weighted by Crippen LogP contribution is 2.09. The zero-order chi connectivity index (χ0) is 11.5. The van der Waals surface area contributed by atoms with E-state index in [2.05, 4.69) is 25.9 Å². The van der Waals surface area contributed by atoms with Crippen LogP contribution in [-0.4, -0.2) is 31.6 Å². The summed E-state index contributed by atoms with van der Waals surface area (Å²) in [5, 5.41) is 0. The quantitative estimate of drug-likeness (QED) is 0.566. The lowest BCUT2D eigenvalue weighted by Crippen LogP contribution is -2.26.